The smallest absolute Gasteiger partial charge is 0.315 e. The molecule has 2 aromatic rings. The van der Waals surface area contributed by atoms with Crippen LogP contribution in [0.25, 0.3) is 0 Å². The Bertz CT molecular complexity index is 802. The van der Waals surface area contributed by atoms with Crippen LogP contribution >= 0.6 is 0 Å². The standard InChI is InChI=1S/C17H21N5O4/c1-17(16(25)26,12-7-5-4-6-8-12)11-18-15(24)13-9-22(20-19-13)10-14(23)21(2)3/h4-9H,10-11H2,1-3H3,(H,18,24)(H,25,26). The van der Waals surface area contributed by atoms with E-state index in [1.807, 2.05) is 0 Å². The lowest BCUT2D eigenvalue weighted by Crippen LogP contribution is -2.44. The van der Waals surface area contributed by atoms with Gasteiger partial charge in [-0.1, -0.05) is 35.5 Å². The van der Waals surface area contributed by atoms with Crippen LogP contribution in [0.5, 0.6) is 0 Å². The third kappa shape index (κ3) is 4.24. The van der Waals surface area contributed by atoms with Crippen molar-refractivity contribution in [2.45, 2.75) is 18.9 Å². The Kier molecular flexibility index (Phi) is 5.71. The molecule has 0 aliphatic rings. The first-order chi connectivity index (χ1) is 12.2. The van der Waals surface area contributed by atoms with E-state index in [2.05, 4.69) is 15.6 Å². The second-order valence-corrected chi connectivity index (χ2v) is 6.28. The summed E-state index contributed by atoms with van der Waals surface area (Å²) in [6, 6.07) is 8.67. The molecule has 0 saturated carbocycles. The molecule has 1 atom stereocenters. The van der Waals surface area contributed by atoms with E-state index in [9.17, 15) is 19.5 Å². The molecule has 1 heterocycles. The van der Waals surface area contributed by atoms with Gasteiger partial charge in [0, 0.05) is 20.6 Å². The number of carboxylic acids is 1. The number of rotatable bonds is 7. The molecule has 2 N–H and O–H groups in total. The SMILES string of the molecule is CN(C)C(=O)Cn1cc(C(=O)NCC(C)(C(=O)O)c2ccccc2)nn1. The Labute approximate surface area is 150 Å². The van der Waals surface area contributed by atoms with Crippen LogP contribution in [0.2, 0.25) is 0 Å². The van der Waals surface area contributed by atoms with Crippen LogP contribution in [0.3, 0.4) is 0 Å². The number of aromatic nitrogens is 3. The lowest BCUT2D eigenvalue weighted by molar-refractivity contribution is -0.143. The van der Waals surface area contributed by atoms with Gasteiger partial charge in [-0.3, -0.25) is 14.4 Å². The van der Waals surface area contributed by atoms with Crippen LogP contribution in [0.4, 0.5) is 0 Å². The van der Waals surface area contributed by atoms with E-state index in [1.165, 1.54) is 22.7 Å². The molecule has 0 saturated heterocycles. The Morgan fingerprint density at radius 1 is 1.23 bits per heavy atom. The molecule has 9 nitrogen and oxygen atoms in total. The first kappa shape index (κ1) is 19.1. The number of benzene rings is 1. The molecule has 0 fully saturated rings. The van der Waals surface area contributed by atoms with Crippen molar-refractivity contribution in [3.8, 4) is 0 Å². The molecular formula is C17H21N5O4. The maximum Gasteiger partial charge on any atom is 0.315 e. The monoisotopic (exact) mass is 359 g/mol. The highest BCUT2D eigenvalue weighted by Crippen LogP contribution is 2.23. The van der Waals surface area contributed by atoms with E-state index in [0.29, 0.717) is 5.56 Å². The maximum absolute atomic E-state index is 12.3. The summed E-state index contributed by atoms with van der Waals surface area (Å²) >= 11 is 0. The summed E-state index contributed by atoms with van der Waals surface area (Å²) in [5.41, 5.74) is -0.696. The molecule has 0 aliphatic heterocycles. The van der Waals surface area contributed by atoms with Crippen molar-refractivity contribution in [2.75, 3.05) is 20.6 Å². The van der Waals surface area contributed by atoms with Crippen molar-refractivity contribution in [1.82, 2.24) is 25.2 Å². The van der Waals surface area contributed by atoms with Gasteiger partial charge in [0.15, 0.2) is 5.69 Å². The van der Waals surface area contributed by atoms with Crippen molar-refractivity contribution in [3.05, 3.63) is 47.8 Å². The molecule has 0 aliphatic carbocycles. The highest BCUT2D eigenvalue weighted by atomic mass is 16.4. The molecule has 2 amide bonds. The summed E-state index contributed by atoms with van der Waals surface area (Å²) < 4.78 is 1.25. The van der Waals surface area contributed by atoms with Crippen molar-refractivity contribution in [1.29, 1.82) is 0 Å². The van der Waals surface area contributed by atoms with E-state index < -0.39 is 17.3 Å². The zero-order chi connectivity index (χ0) is 19.3. The summed E-state index contributed by atoms with van der Waals surface area (Å²) in [5.74, 6) is -1.80. The topological polar surface area (TPSA) is 117 Å². The van der Waals surface area contributed by atoms with Gasteiger partial charge in [-0.2, -0.15) is 0 Å². The number of likely N-dealkylation sites (N-methyl/N-ethyl adjacent to an activating group) is 1. The average Bonchev–Trinajstić information content (AvgIpc) is 3.08. The van der Waals surface area contributed by atoms with E-state index in [4.69, 9.17) is 0 Å². The van der Waals surface area contributed by atoms with Gasteiger partial charge in [0.1, 0.15) is 12.0 Å². The number of amides is 2. The minimum atomic E-state index is -1.28. The normalized spacial score (nSPS) is 12.9. The number of hydrogen-bond acceptors (Lipinski definition) is 5. The zero-order valence-electron chi connectivity index (χ0n) is 14.8. The molecule has 1 unspecified atom stereocenters. The fourth-order valence-electron chi connectivity index (χ4n) is 2.21. The summed E-state index contributed by atoms with van der Waals surface area (Å²) in [4.78, 5) is 37.1. The fourth-order valence-corrected chi connectivity index (χ4v) is 2.21. The quantitative estimate of drug-likeness (QED) is 0.726. The van der Waals surface area contributed by atoms with Crippen molar-refractivity contribution in [3.63, 3.8) is 0 Å². The Balaban J connectivity index is 2.06. The molecule has 26 heavy (non-hydrogen) atoms. The molecule has 1 aromatic carbocycles. The van der Waals surface area contributed by atoms with Gasteiger partial charge >= 0.3 is 5.97 Å². The third-order valence-electron chi connectivity index (χ3n) is 4.05. The Morgan fingerprint density at radius 3 is 2.46 bits per heavy atom. The average molecular weight is 359 g/mol. The summed E-state index contributed by atoms with van der Waals surface area (Å²) in [5, 5.41) is 19.6. The second-order valence-electron chi connectivity index (χ2n) is 6.28. The molecule has 2 rings (SSSR count). The molecule has 9 heteroatoms. The summed E-state index contributed by atoms with van der Waals surface area (Å²) in [6.45, 7) is 1.39. The Hall–Kier alpha value is -3.23. The van der Waals surface area contributed by atoms with Gasteiger partial charge in [0.25, 0.3) is 5.91 Å². The second kappa shape index (κ2) is 7.77. The van der Waals surface area contributed by atoms with Gasteiger partial charge in [-0.25, -0.2) is 4.68 Å². The van der Waals surface area contributed by atoms with Gasteiger partial charge in [-0.05, 0) is 12.5 Å². The molecule has 0 radical (unpaired) electrons. The molecule has 0 bridgehead atoms. The minimum Gasteiger partial charge on any atom is -0.481 e. The van der Waals surface area contributed by atoms with Crippen LogP contribution in [-0.4, -0.2) is 63.4 Å². The van der Waals surface area contributed by atoms with Crippen LogP contribution < -0.4 is 5.32 Å². The first-order valence-corrected chi connectivity index (χ1v) is 7.91. The first-order valence-electron chi connectivity index (χ1n) is 7.91. The minimum absolute atomic E-state index is 0.0114. The van der Waals surface area contributed by atoms with E-state index in [0.717, 1.165) is 0 Å². The van der Waals surface area contributed by atoms with E-state index >= 15 is 0 Å². The molecular weight excluding hydrogens is 338 g/mol. The van der Waals surface area contributed by atoms with Crippen molar-refractivity contribution < 1.29 is 19.5 Å². The number of aliphatic carboxylic acids is 1. The van der Waals surface area contributed by atoms with Gasteiger partial charge < -0.3 is 15.3 Å². The van der Waals surface area contributed by atoms with Gasteiger partial charge in [0.05, 0.1) is 6.20 Å². The largest absolute Gasteiger partial charge is 0.481 e. The van der Waals surface area contributed by atoms with Gasteiger partial charge in [-0.15, -0.1) is 5.10 Å². The lowest BCUT2D eigenvalue weighted by Gasteiger charge is -2.25. The fraction of sp³-hybridized carbons (Fsp3) is 0.353. The van der Waals surface area contributed by atoms with Crippen molar-refractivity contribution >= 4 is 17.8 Å². The number of carboxylic acid groups (broad SMARTS) is 1. The number of nitrogens with zero attached hydrogens (tertiary/aromatic N) is 4. The van der Waals surface area contributed by atoms with Crippen molar-refractivity contribution in [2.24, 2.45) is 0 Å². The summed E-state index contributed by atoms with van der Waals surface area (Å²) in [7, 11) is 3.23. The molecule has 1 aromatic heterocycles. The van der Waals surface area contributed by atoms with E-state index in [-0.39, 0.29) is 24.7 Å². The lowest BCUT2D eigenvalue weighted by atomic mass is 9.82. The van der Waals surface area contributed by atoms with Crippen LogP contribution in [0.15, 0.2) is 36.5 Å². The number of carbonyl (C=O) groups is 3. The molecule has 138 valence electrons. The van der Waals surface area contributed by atoms with Crippen LogP contribution in [-0.2, 0) is 21.5 Å². The number of hydrogen-bond donors (Lipinski definition) is 2. The number of carbonyl (C=O) groups excluding carboxylic acids is 2. The molecule has 0 spiro atoms. The predicted molar refractivity (Wildman–Crippen MR) is 92.5 cm³/mol. The van der Waals surface area contributed by atoms with Crippen LogP contribution in [0, 0.1) is 0 Å². The van der Waals surface area contributed by atoms with Gasteiger partial charge in [0.2, 0.25) is 5.91 Å². The Morgan fingerprint density at radius 2 is 1.88 bits per heavy atom. The summed E-state index contributed by atoms with van der Waals surface area (Å²) in [6.07, 6.45) is 1.34. The highest BCUT2D eigenvalue weighted by Gasteiger charge is 2.35. The van der Waals surface area contributed by atoms with E-state index in [1.54, 1.807) is 44.4 Å². The zero-order valence-corrected chi connectivity index (χ0v) is 14.8. The van der Waals surface area contributed by atoms with Crippen LogP contribution in [0.1, 0.15) is 23.0 Å². The highest BCUT2D eigenvalue weighted by molar-refractivity contribution is 5.92. The maximum atomic E-state index is 12.3. The third-order valence-corrected chi connectivity index (χ3v) is 4.05. The number of nitrogens with one attached hydrogen (secondary N) is 1. The predicted octanol–water partition coefficient (Wildman–Crippen LogP) is 0.139.